The van der Waals surface area contributed by atoms with E-state index in [1.807, 2.05) is 0 Å². The van der Waals surface area contributed by atoms with E-state index in [1.54, 1.807) is 48.8 Å². The van der Waals surface area contributed by atoms with Crippen LogP contribution in [0.15, 0.2) is 53.9 Å². The molecule has 0 aliphatic heterocycles. The summed E-state index contributed by atoms with van der Waals surface area (Å²) in [6, 6.07) is 9.83. The lowest BCUT2D eigenvalue weighted by Gasteiger charge is -2.04. The van der Waals surface area contributed by atoms with Crippen LogP contribution in [-0.2, 0) is 0 Å². The van der Waals surface area contributed by atoms with E-state index < -0.39 is 0 Å². The Morgan fingerprint density at radius 3 is 2.67 bits per heavy atom. The Kier molecular flexibility index (Phi) is 3.53. The third kappa shape index (κ3) is 2.84. The monoisotopic (exact) mass is 239 g/mol. The first-order chi connectivity index (χ1) is 8.79. The molecule has 0 bridgehead atoms. The maximum absolute atomic E-state index is 11.8. The van der Waals surface area contributed by atoms with Gasteiger partial charge in [0.1, 0.15) is 0 Å². The molecule has 0 unspecified atom stereocenters. The lowest BCUT2D eigenvalue weighted by Crippen LogP contribution is -2.11. The van der Waals surface area contributed by atoms with Crippen LogP contribution < -0.4 is 5.32 Å². The fourth-order valence-electron chi connectivity index (χ4n) is 1.37. The van der Waals surface area contributed by atoms with Crippen LogP contribution in [0.3, 0.4) is 0 Å². The van der Waals surface area contributed by atoms with Crippen molar-refractivity contribution in [3.05, 3.63) is 64.8 Å². The van der Waals surface area contributed by atoms with Crippen LogP contribution in [-0.4, -0.2) is 10.9 Å². The predicted molar refractivity (Wildman–Crippen MR) is 67.4 cm³/mol. The van der Waals surface area contributed by atoms with E-state index in [0.717, 1.165) is 0 Å². The van der Waals surface area contributed by atoms with Gasteiger partial charge < -0.3 is 5.32 Å². The first-order valence-electron chi connectivity index (χ1n) is 5.16. The van der Waals surface area contributed by atoms with Crippen molar-refractivity contribution in [1.82, 2.24) is 4.98 Å². The normalized spacial score (nSPS) is 9.33. The van der Waals surface area contributed by atoms with Crippen LogP contribution in [0.5, 0.6) is 0 Å². The van der Waals surface area contributed by atoms with Crippen LogP contribution in [0.1, 0.15) is 10.4 Å². The highest BCUT2D eigenvalue weighted by Crippen LogP contribution is 2.14. The molecule has 18 heavy (non-hydrogen) atoms. The van der Waals surface area contributed by atoms with Crippen LogP contribution in [0.25, 0.3) is 10.4 Å². The molecule has 2 rings (SSSR count). The summed E-state index contributed by atoms with van der Waals surface area (Å²) in [5, 5.41) is 6.13. The standard InChI is InChI=1S/C12H9N5O/c13-17-16-10-5-3-9(4-6-10)12(18)15-11-2-1-7-14-8-11/h1-8H,(H,15,18). The number of benzene rings is 1. The van der Waals surface area contributed by atoms with Crippen LogP contribution in [0, 0.1) is 0 Å². The Balaban J connectivity index is 2.12. The minimum atomic E-state index is -0.240. The zero-order chi connectivity index (χ0) is 12.8. The van der Waals surface area contributed by atoms with Crippen LogP contribution in [0.2, 0.25) is 0 Å². The molecule has 0 saturated heterocycles. The SMILES string of the molecule is [N-]=[N+]=Nc1ccc(C(=O)Nc2cccnc2)cc1. The van der Waals surface area contributed by atoms with Crippen molar-refractivity contribution in [3.8, 4) is 0 Å². The van der Waals surface area contributed by atoms with Crippen molar-refractivity contribution < 1.29 is 4.79 Å². The zero-order valence-electron chi connectivity index (χ0n) is 9.32. The van der Waals surface area contributed by atoms with Gasteiger partial charge in [0.05, 0.1) is 11.9 Å². The second kappa shape index (κ2) is 5.47. The average molecular weight is 239 g/mol. The molecular weight excluding hydrogens is 230 g/mol. The second-order valence-electron chi connectivity index (χ2n) is 3.43. The Morgan fingerprint density at radius 2 is 2.06 bits per heavy atom. The molecule has 0 radical (unpaired) electrons. The first kappa shape index (κ1) is 11.6. The fourth-order valence-corrected chi connectivity index (χ4v) is 1.37. The number of rotatable bonds is 3. The molecule has 0 fully saturated rings. The summed E-state index contributed by atoms with van der Waals surface area (Å²) in [6.45, 7) is 0. The topological polar surface area (TPSA) is 90.8 Å². The molecule has 88 valence electrons. The summed E-state index contributed by atoms with van der Waals surface area (Å²) in [7, 11) is 0. The predicted octanol–water partition coefficient (Wildman–Crippen LogP) is 3.28. The largest absolute Gasteiger partial charge is 0.321 e. The molecule has 0 saturated carbocycles. The van der Waals surface area contributed by atoms with Gasteiger partial charge in [0.25, 0.3) is 5.91 Å². The van der Waals surface area contributed by atoms with Crippen LogP contribution >= 0.6 is 0 Å². The van der Waals surface area contributed by atoms with Gasteiger partial charge in [-0.15, -0.1) is 0 Å². The molecule has 1 aromatic carbocycles. The lowest BCUT2D eigenvalue weighted by molar-refractivity contribution is 0.102. The number of pyridine rings is 1. The van der Waals surface area contributed by atoms with Gasteiger partial charge in [0.2, 0.25) is 0 Å². The summed E-state index contributed by atoms with van der Waals surface area (Å²) < 4.78 is 0. The number of anilines is 1. The van der Waals surface area contributed by atoms with Gasteiger partial charge in [-0.1, -0.05) is 17.2 Å². The molecule has 1 aromatic heterocycles. The maximum atomic E-state index is 11.8. The molecule has 0 aliphatic rings. The molecule has 1 heterocycles. The molecule has 0 aliphatic carbocycles. The van der Waals surface area contributed by atoms with Gasteiger partial charge in [0.15, 0.2) is 0 Å². The summed E-state index contributed by atoms with van der Waals surface area (Å²) in [5.74, 6) is -0.240. The summed E-state index contributed by atoms with van der Waals surface area (Å²) >= 11 is 0. The molecule has 6 nitrogen and oxygen atoms in total. The van der Waals surface area contributed by atoms with E-state index in [-0.39, 0.29) is 5.91 Å². The molecule has 2 aromatic rings. The summed E-state index contributed by atoms with van der Waals surface area (Å²) in [5.41, 5.74) is 9.84. The van der Waals surface area contributed by atoms with Gasteiger partial charge in [-0.3, -0.25) is 9.78 Å². The van der Waals surface area contributed by atoms with Crippen molar-refractivity contribution >= 4 is 17.3 Å². The van der Waals surface area contributed by atoms with E-state index >= 15 is 0 Å². The van der Waals surface area contributed by atoms with Crippen LogP contribution in [0.4, 0.5) is 11.4 Å². The van der Waals surface area contributed by atoms with Gasteiger partial charge in [-0.05, 0) is 29.8 Å². The Bertz CT molecular complexity index is 588. The number of carbonyl (C=O) groups is 1. The van der Waals surface area contributed by atoms with Crippen molar-refractivity contribution in [2.24, 2.45) is 5.11 Å². The van der Waals surface area contributed by atoms with Gasteiger partial charge in [-0.2, -0.15) is 0 Å². The van der Waals surface area contributed by atoms with E-state index in [2.05, 4.69) is 20.3 Å². The second-order valence-corrected chi connectivity index (χ2v) is 3.43. The fraction of sp³-hybridized carbons (Fsp3) is 0. The van der Waals surface area contributed by atoms with Gasteiger partial charge in [0, 0.05) is 22.4 Å². The number of amides is 1. The van der Waals surface area contributed by atoms with Gasteiger partial charge in [-0.25, -0.2) is 0 Å². The number of nitrogens with one attached hydrogen (secondary N) is 1. The molecule has 0 atom stereocenters. The number of hydrogen-bond acceptors (Lipinski definition) is 3. The summed E-state index contributed by atoms with van der Waals surface area (Å²) in [6.07, 6.45) is 3.19. The zero-order valence-corrected chi connectivity index (χ0v) is 9.32. The number of hydrogen-bond donors (Lipinski definition) is 1. The average Bonchev–Trinajstić information content (AvgIpc) is 2.41. The number of carbonyl (C=O) groups excluding carboxylic acids is 1. The van der Waals surface area contributed by atoms with E-state index in [4.69, 9.17) is 5.53 Å². The van der Waals surface area contributed by atoms with Crippen molar-refractivity contribution in [2.45, 2.75) is 0 Å². The maximum Gasteiger partial charge on any atom is 0.255 e. The highest BCUT2D eigenvalue weighted by Gasteiger charge is 2.05. The molecule has 6 heteroatoms. The number of nitrogens with zero attached hydrogens (tertiary/aromatic N) is 4. The number of azide groups is 1. The molecule has 1 amide bonds. The molecular formula is C12H9N5O. The first-order valence-corrected chi connectivity index (χ1v) is 5.16. The number of aromatic nitrogens is 1. The smallest absolute Gasteiger partial charge is 0.255 e. The van der Waals surface area contributed by atoms with Crippen molar-refractivity contribution in [1.29, 1.82) is 0 Å². The Hall–Kier alpha value is -2.85. The summed E-state index contributed by atoms with van der Waals surface area (Å²) in [4.78, 5) is 18.4. The highest BCUT2D eigenvalue weighted by atomic mass is 16.1. The third-order valence-corrected chi connectivity index (χ3v) is 2.21. The molecule has 0 spiro atoms. The quantitative estimate of drug-likeness (QED) is 0.505. The van der Waals surface area contributed by atoms with E-state index in [0.29, 0.717) is 16.9 Å². The van der Waals surface area contributed by atoms with E-state index in [1.165, 1.54) is 0 Å². The Morgan fingerprint density at radius 1 is 1.28 bits per heavy atom. The highest BCUT2D eigenvalue weighted by molar-refractivity contribution is 6.04. The molecule has 1 N–H and O–H groups in total. The van der Waals surface area contributed by atoms with Crippen molar-refractivity contribution in [2.75, 3.05) is 5.32 Å². The minimum absolute atomic E-state index is 0.240. The van der Waals surface area contributed by atoms with Crippen molar-refractivity contribution in [3.63, 3.8) is 0 Å². The Labute approximate surface area is 103 Å². The van der Waals surface area contributed by atoms with Gasteiger partial charge >= 0.3 is 0 Å². The van der Waals surface area contributed by atoms with E-state index in [9.17, 15) is 4.79 Å². The third-order valence-electron chi connectivity index (χ3n) is 2.21. The lowest BCUT2D eigenvalue weighted by atomic mass is 10.2. The minimum Gasteiger partial charge on any atom is -0.321 e.